The third-order valence-corrected chi connectivity index (χ3v) is 3.77. The highest BCUT2D eigenvalue weighted by molar-refractivity contribution is 14.0. The number of hydrogen-bond donors (Lipinski definition) is 1. The van der Waals surface area contributed by atoms with Crippen LogP contribution in [0.3, 0.4) is 0 Å². The molecule has 1 N–H and O–H groups in total. The lowest BCUT2D eigenvalue weighted by atomic mass is 9.84. The Labute approximate surface area is 157 Å². The van der Waals surface area contributed by atoms with Crippen LogP contribution in [0.4, 0.5) is 4.39 Å². The topological polar surface area (TPSA) is 27.6 Å². The van der Waals surface area contributed by atoms with Crippen molar-refractivity contribution in [3.8, 4) is 0 Å². The van der Waals surface area contributed by atoms with Crippen LogP contribution >= 0.6 is 24.0 Å². The molecule has 0 saturated heterocycles. The minimum Gasteiger partial charge on any atom is -0.355 e. The van der Waals surface area contributed by atoms with Gasteiger partial charge in [0, 0.05) is 32.6 Å². The van der Waals surface area contributed by atoms with Gasteiger partial charge in [-0.15, -0.1) is 30.6 Å². The molecule has 1 aromatic rings. The number of nitrogens with one attached hydrogen (secondary N) is 1. The van der Waals surface area contributed by atoms with E-state index in [-0.39, 0.29) is 35.2 Å². The quantitative estimate of drug-likeness (QED) is 0.230. The van der Waals surface area contributed by atoms with Crippen LogP contribution in [0.25, 0.3) is 0 Å². The number of guanidine groups is 1. The zero-order valence-electron chi connectivity index (χ0n) is 14.6. The van der Waals surface area contributed by atoms with Crippen molar-refractivity contribution < 1.29 is 4.39 Å². The van der Waals surface area contributed by atoms with E-state index in [0.717, 1.165) is 30.9 Å². The van der Waals surface area contributed by atoms with Gasteiger partial charge in [-0.3, -0.25) is 4.99 Å². The molecule has 0 fully saturated rings. The Hall–Kier alpha value is -1.11. The zero-order chi connectivity index (χ0) is 16.6. The van der Waals surface area contributed by atoms with Crippen LogP contribution in [0.5, 0.6) is 0 Å². The summed E-state index contributed by atoms with van der Waals surface area (Å²) in [6.07, 6.45) is 3.97. The first-order chi connectivity index (χ1) is 10.4. The first kappa shape index (κ1) is 21.9. The van der Waals surface area contributed by atoms with Crippen LogP contribution in [-0.4, -0.2) is 38.0 Å². The number of benzene rings is 1. The van der Waals surface area contributed by atoms with Crippen LogP contribution in [-0.2, 0) is 5.41 Å². The normalized spacial score (nSPS) is 11.6. The van der Waals surface area contributed by atoms with Crippen molar-refractivity contribution in [3.05, 3.63) is 48.3 Å². The van der Waals surface area contributed by atoms with Gasteiger partial charge < -0.3 is 10.2 Å². The standard InChI is InChI=1S/C18H28FN3.HI/c1-6-7-8-12-22(5)17(20-4)21-14-18(2,3)15-10-9-11-16(19)13-15;/h6,9-11,13H,1,7-8,12,14H2,2-5H3,(H,20,21);1H. The average Bonchev–Trinajstić information content (AvgIpc) is 2.48. The van der Waals surface area contributed by atoms with Crippen molar-refractivity contribution in [2.45, 2.75) is 32.1 Å². The Bertz CT molecular complexity index is 515. The zero-order valence-corrected chi connectivity index (χ0v) is 16.9. The molecule has 1 rings (SSSR count). The fourth-order valence-corrected chi connectivity index (χ4v) is 2.27. The van der Waals surface area contributed by atoms with Crippen LogP contribution in [0, 0.1) is 5.82 Å². The van der Waals surface area contributed by atoms with Gasteiger partial charge in [0.25, 0.3) is 0 Å². The van der Waals surface area contributed by atoms with E-state index in [4.69, 9.17) is 0 Å². The SMILES string of the molecule is C=CCCCN(C)C(=NC)NCC(C)(C)c1cccc(F)c1.I. The summed E-state index contributed by atoms with van der Waals surface area (Å²) < 4.78 is 13.4. The summed E-state index contributed by atoms with van der Waals surface area (Å²) in [6.45, 7) is 9.54. The van der Waals surface area contributed by atoms with Crippen LogP contribution < -0.4 is 5.32 Å². The molecule has 0 spiro atoms. The average molecular weight is 433 g/mol. The summed E-state index contributed by atoms with van der Waals surface area (Å²) in [5.41, 5.74) is 0.796. The summed E-state index contributed by atoms with van der Waals surface area (Å²) in [4.78, 5) is 6.41. The van der Waals surface area contributed by atoms with Gasteiger partial charge in [0.05, 0.1) is 0 Å². The molecule has 5 heteroatoms. The highest BCUT2D eigenvalue weighted by atomic mass is 127. The molecule has 0 unspecified atom stereocenters. The van der Waals surface area contributed by atoms with Crippen LogP contribution in [0.1, 0.15) is 32.3 Å². The molecule has 0 aromatic heterocycles. The van der Waals surface area contributed by atoms with E-state index in [1.807, 2.05) is 19.2 Å². The summed E-state index contributed by atoms with van der Waals surface area (Å²) in [5.74, 6) is 0.657. The van der Waals surface area contributed by atoms with Gasteiger partial charge in [-0.05, 0) is 30.5 Å². The number of rotatable bonds is 7. The number of aliphatic imine (C=N–C) groups is 1. The van der Waals surface area contributed by atoms with E-state index in [0.29, 0.717) is 6.54 Å². The monoisotopic (exact) mass is 433 g/mol. The van der Waals surface area contributed by atoms with Gasteiger partial charge in [-0.1, -0.05) is 32.1 Å². The second kappa shape index (κ2) is 10.6. The Kier molecular flexibility index (Phi) is 10.1. The lowest BCUT2D eigenvalue weighted by molar-refractivity contribution is 0.445. The second-order valence-electron chi connectivity index (χ2n) is 6.15. The third-order valence-electron chi connectivity index (χ3n) is 3.77. The highest BCUT2D eigenvalue weighted by Crippen LogP contribution is 2.22. The van der Waals surface area contributed by atoms with Crippen molar-refractivity contribution in [2.75, 3.05) is 27.2 Å². The van der Waals surface area contributed by atoms with E-state index in [1.54, 1.807) is 19.2 Å². The van der Waals surface area contributed by atoms with Crippen LogP contribution in [0.2, 0.25) is 0 Å². The van der Waals surface area contributed by atoms with Gasteiger partial charge in [-0.25, -0.2) is 4.39 Å². The predicted molar refractivity (Wildman–Crippen MR) is 108 cm³/mol. The molecule has 0 bridgehead atoms. The van der Waals surface area contributed by atoms with Crippen LogP contribution in [0.15, 0.2) is 41.9 Å². The molecular weight excluding hydrogens is 404 g/mol. The molecule has 0 atom stereocenters. The van der Waals surface area contributed by atoms with Crippen molar-refractivity contribution in [3.63, 3.8) is 0 Å². The number of hydrogen-bond acceptors (Lipinski definition) is 1. The van der Waals surface area contributed by atoms with Gasteiger partial charge >= 0.3 is 0 Å². The van der Waals surface area contributed by atoms with Crippen molar-refractivity contribution >= 4 is 29.9 Å². The van der Waals surface area contributed by atoms with E-state index < -0.39 is 0 Å². The molecule has 3 nitrogen and oxygen atoms in total. The molecule has 0 aliphatic rings. The molecule has 1 aromatic carbocycles. The maximum Gasteiger partial charge on any atom is 0.193 e. The van der Waals surface area contributed by atoms with Gasteiger partial charge in [0.1, 0.15) is 5.82 Å². The molecular formula is C18H29FIN3. The van der Waals surface area contributed by atoms with Crippen molar-refractivity contribution in [1.82, 2.24) is 10.2 Å². The van der Waals surface area contributed by atoms with Gasteiger partial charge in [0.2, 0.25) is 0 Å². The molecule has 0 aliphatic heterocycles. The molecule has 23 heavy (non-hydrogen) atoms. The number of nitrogens with zero attached hydrogens (tertiary/aromatic N) is 2. The lowest BCUT2D eigenvalue weighted by Crippen LogP contribution is -2.44. The largest absolute Gasteiger partial charge is 0.355 e. The summed E-state index contributed by atoms with van der Waals surface area (Å²) in [6, 6.07) is 6.78. The smallest absolute Gasteiger partial charge is 0.193 e. The number of unbranched alkanes of at least 4 members (excludes halogenated alkanes) is 1. The minimum absolute atomic E-state index is 0. The first-order valence-electron chi connectivity index (χ1n) is 7.69. The Morgan fingerprint density at radius 1 is 1.43 bits per heavy atom. The fraction of sp³-hybridized carbons (Fsp3) is 0.500. The second-order valence-corrected chi connectivity index (χ2v) is 6.15. The molecule has 0 heterocycles. The summed E-state index contributed by atoms with van der Waals surface area (Å²) in [5, 5.41) is 3.38. The maximum atomic E-state index is 13.4. The highest BCUT2D eigenvalue weighted by Gasteiger charge is 2.22. The minimum atomic E-state index is -0.198. The molecule has 0 amide bonds. The van der Waals surface area contributed by atoms with E-state index in [9.17, 15) is 4.39 Å². The Balaban J connectivity index is 0.00000484. The van der Waals surface area contributed by atoms with Crippen molar-refractivity contribution in [1.29, 1.82) is 0 Å². The summed E-state index contributed by atoms with van der Waals surface area (Å²) in [7, 11) is 3.80. The van der Waals surface area contributed by atoms with E-state index in [2.05, 4.69) is 35.6 Å². The lowest BCUT2D eigenvalue weighted by Gasteiger charge is -2.29. The fourth-order valence-electron chi connectivity index (χ4n) is 2.27. The third kappa shape index (κ3) is 7.33. The molecule has 0 radical (unpaired) electrons. The maximum absolute atomic E-state index is 13.4. The Morgan fingerprint density at radius 3 is 2.70 bits per heavy atom. The first-order valence-corrected chi connectivity index (χ1v) is 7.69. The van der Waals surface area contributed by atoms with Gasteiger partial charge in [-0.2, -0.15) is 0 Å². The Morgan fingerprint density at radius 2 is 2.13 bits per heavy atom. The van der Waals surface area contributed by atoms with E-state index in [1.165, 1.54) is 6.07 Å². The van der Waals surface area contributed by atoms with E-state index >= 15 is 0 Å². The predicted octanol–water partition coefficient (Wildman–Crippen LogP) is 4.19. The number of allylic oxidation sites excluding steroid dienone is 1. The number of halogens is 2. The van der Waals surface area contributed by atoms with Gasteiger partial charge in [0.15, 0.2) is 5.96 Å². The molecule has 0 aliphatic carbocycles. The molecule has 0 saturated carbocycles. The van der Waals surface area contributed by atoms with Crippen molar-refractivity contribution in [2.24, 2.45) is 4.99 Å². The summed E-state index contributed by atoms with van der Waals surface area (Å²) >= 11 is 0. The molecule has 130 valence electrons.